The lowest BCUT2D eigenvalue weighted by Crippen LogP contribution is -2.00. The second-order valence-electron chi connectivity index (χ2n) is 4.45. The van der Waals surface area contributed by atoms with Gasteiger partial charge in [-0.25, -0.2) is 9.78 Å². The van der Waals surface area contributed by atoms with Gasteiger partial charge in [0.15, 0.2) is 12.2 Å². The summed E-state index contributed by atoms with van der Waals surface area (Å²) in [7, 11) is 0. The van der Waals surface area contributed by atoms with Crippen LogP contribution in [0, 0.1) is 10.1 Å². The number of hydrogen-bond donors (Lipinski definition) is 0. The number of carbonyl (C=O) groups is 1. The van der Waals surface area contributed by atoms with Crippen molar-refractivity contribution < 1.29 is 23.3 Å². The van der Waals surface area contributed by atoms with Gasteiger partial charge >= 0.3 is 11.9 Å². The van der Waals surface area contributed by atoms with Crippen molar-refractivity contribution in [2.45, 2.75) is 6.61 Å². The van der Waals surface area contributed by atoms with Crippen LogP contribution in [0.4, 0.5) is 5.88 Å². The zero-order valence-corrected chi connectivity index (χ0v) is 11.7. The number of nitrogens with zero attached hydrogens (tertiary/aromatic N) is 2. The molecule has 0 aliphatic rings. The predicted molar refractivity (Wildman–Crippen MR) is 78.2 cm³/mol. The van der Waals surface area contributed by atoms with Crippen molar-refractivity contribution in [2.24, 2.45) is 0 Å². The number of benzene rings is 1. The summed E-state index contributed by atoms with van der Waals surface area (Å²) in [4.78, 5) is 25.6. The summed E-state index contributed by atoms with van der Waals surface area (Å²) in [5.41, 5.74) is 1.29. The Hall–Kier alpha value is -3.42. The van der Waals surface area contributed by atoms with E-state index in [0.717, 1.165) is 6.08 Å². The van der Waals surface area contributed by atoms with E-state index in [1.54, 1.807) is 12.1 Å². The van der Waals surface area contributed by atoms with Gasteiger partial charge in [0.1, 0.15) is 16.2 Å². The molecule has 0 unspecified atom stereocenters. The molecule has 116 valence electrons. The highest BCUT2D eigenvalue weighted by atomic mass is 16.6. The molecule has 23 heavy (non-hydrogen) atoms. The number of nitro groups is 1. The average Bonchev–Trinajstić information content (AvgIpc) is 3.17. The van der Waals surface area contributed by atoms with Crippen LogP contribution in [-0.4, -0.2) is 15.9 Å². The number of ether oxygens (including phenoxy) is 1. The maximum atomic E-state index is 11.6. The quantitative estimate of drug-likeness (QED) is 0.308. The van der Waals surface area contributed by atoms with Crippen molar-refractivity contribution in [3.8, 4) is 0 Å². The summed E-state index contributed by atoms with van der Waals surface area (Å²) in [6.45, 7) is -0.115. The lowest BCUT2D eigenvalue weighted by molar-refractivity contribution is -0.402. The van der Waals surface area contributed by atoms with Crippen LogP contribution in [-0.2, 0) is 16.1 Å². The highest BCUT2D eigenvalue weighted by molar-refractivity contribution is 5.86. The number of esters is 1. The third-order valence-electron chi connectivity index (χ3n) is 2.85. The smallest absolute Gasteiger partial charge is 0.433 e. The minimum atomic E-state index is -0.664. The molecule has 0 aliphatic heterocycles. The minimum Gasteiger partial charge on any atom is -0.453 e. The zero-order valence-electron chi connectivity index (χ0n) is 11.7. The molecule has 0 bridgehead atoms. The van der Waals surface area contributed by atoms with Crippen LogP contribution >= 0.6 is 0 Å². The Morgan fingerprint density at radius 2 is 2.09 bits per heavy atom. The Morgan fingerprint density at radius 1 is 1.26 bits per heavy atom. The van der Waals surface area contributed by atoms with E-state index >= 15 is 0 Å². The molecule has 2 heterocycles. The number of aromatic nitrogens is 1. The lowest BCUT2D eigenvalue weighted by atomic mass is 10.3. The number of oxazole rings is 1. The maximum Gasteiger partial charge on any atom is 0.433 e. The summed E-state index contributed by atoms with van der Waals surface area (Å²) in [6.07, 6.45) is 2.38. The van der Waals surface area contributed by atoms with Crippen molar-refractivity contribution >= 4 is 29.0 Å². The number of carbonyl (C=O) groups excluding carboxylic acids is 1. The fourth-order valence-corrected chi connectivity index (χ4v) is 1.84. The largest absolute Gasteiger partial charge is 0.453 e. The van der Waals surface area contributed by atoms with Gasteiger partial charge in [0.2, 0.25) is 5.89 Å². The molecule has 0 saturated heterocycles. The predicted octanol–water partition coefficient (Wildman–Crippen LogP) is 3.09. The molecule has 0 atom stereocenters. The first-order valence-electron chi connectivity index (χ1n) is 6.55. The highest BCUT2D eigenvalue weighted by Crippen LogP contribution is 2.17. The van der Waals surface area contributed by atoms with E-state index in [0.29, 0.717) is 11.1 Å². The number of hydrogen-bond acceptors (Lipinski definition) is 7. The van der Waals surface area contributed by atoms with E-state index < -0.39 is 16.8 Å². The van der Waals surface area contributed by atoms with Crippen LogP contribution in [0.5, 0.6) is 0 Å². The number of rotatable bonds is 5. The van der Waals surface area contributed by atoms with E-state index in [4.69, 9.17) is 13.6 Å². The molecule has 0 aliphatic carbocycles. The second-order valence-corrected chi connectivity index (χ2v) is 4.45. The fourth-order valence-electron chi connectivity index (χ4n) is 1.84. The Morgan fingerprint density at radius 3 is 2.83 bits per heavy atom. The molecule has 8 nitrogen and oxygen atoms in total. The molecule has 0 spiro atoms. The van der Waals surface area contributed by atoms with Gasteiger partial charge in [0.25, 0.3) is 0 Å². The number of para-hydroxylation sites is 2. The molecule has 1 aromatic carbocycles. The van der Waals surface area contributed by atoms with Gasteiger partial charge in [-0.1, -0.05) is 12.1 Å². The van der Waals surface area contributed by atoms with Crippen molar-refractivity contribution in [2.75, 3.05) is 0 Å². The van der Waals surface area contributed by atoms with E-state index in [1.807, 2.05) is 12.1 Å². The SMILES string of the molecule is O=C(/C=C/c1ccc([N+](=O)[O-])o1)OCc1nc2ccccc2o1. The van der Waals surface area contributed by atoms with Crippen LogP contribution in [0.25, 0.3) is 17.2 Å². The molecule has 2 aromatic heterocycles. The van der Waals surface area contributed by atoms with Crippen molar-refractivity contribution in [3.05, 3.63) is 64.2 Å². The molecular weight excluding hydrogens is 304 g/mol. The van der Waals surface area contributed by atoms with Crippen LogP contribution in [0.15, 0.2) is 51.3 Å². The van der Waals surface area contributed by atoms with Gasteiger partial charge < -0.3 is 13.6 Å². The summed E-state index contributed by atoms with van der Waals surface area (Å²) < 4.78 is 15.3. The van der Waals surface area contributed by atoms with Gasteiger partial charge in [-0.2, -0.15) is 0 Å². The van der Waals surface area contributed by atoms with E-state index in [2.05, 4.69) is 4.98 Å². The van der Waals surface area contributed by atoms with Gasteiger partial charge in [-0.3, -0.25) is 10.1 Å². The first kappa shape index (κ1) is 14.5. The summed E-state index contributed by atoms with van der Waals surface area (Å²) in [6, 6.07) is 9.76. The Labute approximate surface area is 129 Å². The average molecular weight is 314 g/mol. The molecule has 3 rings (SSSR count). The van der Waals surface area contributed by atoms with Gasteiger partial charge in [-0.05, 0) is 24.3 Å². The Bertz CT molecular complexity index is 859. The van der Waals surface area contributed by atoms with Gasteiger partial charge in [0.05, 0.1) is 6.07 Å². The zero-order chi connectivity index (χ0) is 16.2. The Balaban J connectivity index is 1.58. The monoisotopic (exact) mass is 314 g/mol. The molecule has 0 radical (unpaired) electrons. The first-order chi connectivity index (χ1) is 11.1. The van der Waals surface area contributed by atoms with Crippen molar-refractivity contribution in [1.29, 1.82) is 0 Å². The van der Waals surface area contributed by atoms with Gasteiger partial charge in [-0.15, -0.1) is 0 Å². The van der Waals surface area contributed by atoms with Crippen molar-refractivity contribution in [1.82, 2.24) is 4.98 Å². The standard InChI is InChI=1S/C15H10N2O6/c18-15(8-6-10-5-7-14(22-10)17(19)20)21-9-13-16-11-3-1-2-4-12(11)23-13/h1-8H,9H2/b8-6+. The van der Waals surface area contributed by atoms with Crippen LogP contribution < -0.4 is 0 Å². The molecule has 0 fully saturated rings. The number of furan rings is 1. The van der Waals surface area contributed by atoms with E-state index in [9.17, 15) is 14.9 Å². The normalized spacial score (nSPS) is 11.1. The molecule has 3 aromatic rings. The van der Waals surface area contributed by atoms with Gasteiger partial charge in [0, 0.05) is 6.08 Å². The highest BCUT2D eigenvalue weighted by Gasteiger charge is 2.11. The Kier molecular flexibility index (Phi) is 3.88. The third kappa shape index (κ3) is 3.43. The minimum absolute atomic E-state index is 0.115. The summed E-state index contributed by atoms with van der Waals surface area (Å²) in [5, 5.41) is 10.5. The number of fused-ring (bicyclic) bond motifs is 1. The van der Waals surface area contributed by atoms with Crippen LogP contribution in [0.3, 0.4) is 0 Å². The molecule has 0 amide bonds. The molecular formula is C15H10N2O6. The third-order valence-corrected chi connectivity index (χ3v) is 2.85. The van der Waals surface area contributed by atoms with Crippen molar-refractivity contribution in [3.63, 3.8) is 0 Å². The second kappa shape index (κ2) is 6.14. The first-order valence-corrected chi connectivity index (χ1v) is 6.55. The molecule has 8 heteroatoms. The van der Waals surface area contributed by atoms with E-state index in [1.165, 1.54) is 18.2 Å². The fraction of sp³-hybridized carbons (Fsp3) is 0.0667. The van der Waals surface area contributed by atoms with Crippen LogP contribution in [0.1, 0.15) is 11.7 Å². The summed E-state index contributed by atoms with van der Waals surface area (Å²) in [5.74, 6) is -0.590. The molecule has 0 N–H and O–H groups in total. The summed E-state index contributed by atoms with van der Waals surface area (Å²) >= 11 is 0. The maximum absolute atomic E-state index is 11.6. The molecule has 0 saturated carbocycles. The topological polar surface area (TPSA) is 109 Å². The van der Waals surface area contributed by atoms with E-state index in [-0.39, 0.29) is 18.3 Å². The lowest BCUT2D eigenvalue weighted by Gasteiger charge is -1.96. The van der Waals surface area contributed by atoms with Crippen LogP contribution in [0.2, 0.25) is 0 Å².